The number of piperazine rings is 1. The lowest BCUT2D eigenvalue weighted by Crippen LogP contribution is -2.52. The first kappa shape index (κ1) is 15.3. The van der Waals surface area contributed by atoms with Gasteiger partial charge < -0.3 is 14.5 Å². The molecule has 1 aliphatic heterocycles. The summed E-state index contributed by atoms with van der Waals surface area (Å²) in [6.07, 6.45) is 3.54. The number of ether oxygens (including phenoxy) is 1. The molecule has 0 amide bonds. The summed E-state index contributed by atoms with van der Waals surface area (Å²) >= 11 is 0. The van der Waals surface area contributed by atoms with E-state index in [1.807, 2.05) is 18.2 Å². The fourth-order valence-electron chi connectivity index (χ4n) is 2.85. The number of anilines is 2. The van der Waals surface area contributed by atoms with E-state index >= 15 is 0 Å². The highest BCUT2D eigenvalue weighted by Crippen LogP contribution is 2.22. The number of hydrogen-bond donors (Lipinski definition) is 0. The first-order valence-electron chi connectivity index (χ1n) is 7.66. The molecular weight excluding hydrogens is 292 g/mol. The van der Waals surface area contributed by atoms with E-state index in [1.165, 1.54) is 7.11 Å². The molecule has 0 bridgehead atoms. The Morgan fingerprint density at radius 1 is 1.17 bits per heavy atom. The second kappa shape index (κ2) is 6.64. The highest BCUT2D eigenvalue weighted by molar-refractivity contribution is 5.89. The summed E-state index contributed by atoms with van der Waals surface area (Å²) in [5, 5.41) is 0. The Balaban J connectivity index is 1.69. The van der Waals surface area contributed by atoms with Gasteiger partial charge in [-0.15, -0.1) is 0 Å². The Hall–Kier alpha value is -2.63. The van der Waals surface area contributed by atoms with E-state index in [4.69, 9.17) is 4.74 Å². The summed E-state index contributed by atoms with van der Waals surface area (Å²) in [5.74, 6) is 0.469. The van der Waals surface area contributed by atoms with Crippen LogP contribution in [0.5, 0.6) is 0 Å². The summed E-state index contributed by atoms with van der Waals surface area (Å²) in [6, 6.07) is 9.68. The topological polar surface area (TPSA) is 58.6 Å². The molecule has 1 aromatic heterocycles. The van der Waals surface area contributed by atoms with E-state index in [0.717, 1.165) is 31.3 Å². The largest absolute Gasteiger partial charge is 0.465 e. The van der Waals surface area contributed by atoms with Gasteiger partial charge >= 0.3 is 5.97 Å². The monoisotopic (exact) mass is 312 g/mol. The van der Waals surface area contributed by atoms with Crippen molar-refractivity contribution in [3.63, 3.8) is 0 Å². The molecular formula is C17H20N4O2. The van der Waals surface area contributed by atoms with E-state index < -0.39 is 0 Å². The Morgan fingerprint density at radius 3 is 2.48 bits per heavy atom. The van der Waals surface area contributed by atoms with Crippen LogP contribution in [0.15, 0.2) is 42.7 Å². The van der Waals surface area contributed by atoms with Crippen LogP contribution in [0.2, 0.25) is 0 Å². The molecule has 0 N–H and O–H groups in total. The second-order valence-electron chi connectivity index (χ2n) is 5.58. The van der Waals surface area contributed by atoms with Crippen molar-refractivity contribution in [1.82, 2.24) is 9.97 Å². The van der Waals surface area contributed by atoms with Crippen LogP contribution in [-0.4, -0.2) is 48.7 Å². The Labute approximate surface area is 135 Å². The minimum atomic E-state index is -0.309. The zero-order valence-corrected chi connectivity index (χ0v) is 13.3. The van der Waals surface area contributed by atoms with Crippen molar-refractivity contribution in [2.45, 2.75) is 13.0 Å². The Morgan fingerprint density at radius 2 is 1.87 bits per heavy atom. The number of benzene rings is 1. The van der Waals surface area contributed by atoms with Crippen LogP contribution < -0.4 is 9.80 Å². The van der Waals surface area contributed by atoms with Gasteiger partial charge in [0.2, 0.25) is 5.95 Å². The minimum absolute atomic E-state index is 0.309. The standard InChI is InChI=1S/C17H20N4O2/c1-13-12-20(10-11-21(13)17-18-8-3-9-19-17)15-6-4-14(5-7-15)16(22)23-2/h3-9,13H,10-12H2,1-2H3. The first-order chi connectivity index (χ1) is 11.2. The predicted molar refractivity (Wildman–Crippen MR) is 88.8 cm³/mol. The van der Waals surface area contributed by atoms with Crippen molar-refractivity contribution >= 4 is 17.6 Å². The smallest absolute Gasteiger partial charge is 0.337 e. The fourth-order valence-corrected chi connectivity index (χ4v) is 2.85. The molecule has 1 aromatic carbocycles. The fraction of sp³-hybridized carbons (Fsp3) is 0.353. The number of nitrogens with zero attached hydrogens (tertiary/aromatic N) is 4. The lowest BCUT2D eigenvalue weighted by Gasteiger charge is -2.41. The highest BCUT2D eigenvalue weighted by Gasteiger charge is 2.25. The number of carbonyl (C=O) groups excluding carboxylic acids is 1. The molecule has 0 saturated carbocycles. The molecule has 1 atom stereocenters. The molecule has 3 rings (SSSR count). The molecule has 120 valence electrons. The van der Waals surface area contributed by atoms with Crippen molar-refractivity contribution in [1.29, 1.82) is 0 Å². The van der Waals surface area contributed by atoms with Gasteiger partial charge in [0.15, 0.2) is 0 Å². The molecule has 2 aromatic rings. The summed E-state index contributed by atoms with van der Waals surface area (Å²) in [6.45, 7) is 4.81. The van der Waals surface area contributed by atoms with Gasteiger partial charge in [0.25, 0.3) is 0 Å². The minimum Gasteiger partial charge on any atom is -0.465 e. The molecule has 0 aliphatic carbocycles. The number of carbonyl (C=O) groups is 1. The van der Waals surface area contributed by atoms with Crippen LogP contribution in [0, 0.1) is 0 Å². The zero-order chi connectivity index (χ0) is 16.2. The Kier molecular flexibility index (Phi) is 4.41. The van der Waals surface area contributed by atoms with Gasteiger partial charge in [-0.3, -0.25) is 0 Å². The third kappa shape index (κ3) is 3.26. The zero-order valence-electron chi connectivity index (χ0n) is 13.3. The molecule has 1 unspecified atom stereocenters. The number of hydrogen-bond acceptors (Lipinski definition) is 6. The molecule has 1 saturated heterocycles. The third-order valence-corrected chi connectivity index (χ3v) is 4.09. The number of rotatable bonds is 3. The van der Waals surface area contributed by atoms with Crippen molar-refractivity contribution < 1.29 is 9.53 Å². The van der Waals surface area contributed by atoms with Crippen molar-refractivity contribution in [2.24, 2.45) is 0 Å². The van der Waals surface area contributed by atoms with Gasteiger partial charge in [-0.1, -0.05) is 0 Å². The quantitative estimate of drug-likeness (QED) is 0.808. The SMILES string of the molecule is COC(=O)c1ccc(N2CCN(c3ncccn3)C(C)C2)cc1. The number of aromatic nitrogens is 2. The number of methoxy groups -OCH3 is 1. The van der Waals surface area contributed by atoms with Gasteiger partial charge in [0.1, 0.15) is 0 Å². The lowest BCUT2D eigenvalue weighted by atomic mass is 10.1. The van der Waals surface area contributed by atoms with Crippen molar-refractivity contribution in [2.75, 3.05) is 36.5 Å². The average molecular weight is 312 g/mol. The summed E-state index contributed by atoms with van der Waals surface area (Å²) in [4.78, 5) is 24.7. The highest BCUT2D eigenvalue weighted by atomic mass is 16.5. The van der Waals surface area contributed by atoms with Gasteiger partial charge in [-0.25, -0.2) is 14.8 Å². The maximum atomic E-state index is 11.5. The molecule has 6 nitrogen and oxygen atoms in total. The second-order valence-corrected chi connectivity index (χ2v) is 5.58. The van der Waals surface area contributed by atoms with Crippen LogP contribution in [0.3, 0.4) is 0 Å². The molecule has 1 fully saturated rings. The van der Waals surface area contributed by atoms with E-state index in [0.29, 0.717) is 11.6 Å². The molecule has 23 heavy (non-hydrogen) atoms. The molecule has 6 heteroatoms. The maximum absolute atomic E-state index is 11.5. The maximum Gasteiger partial charge on any atom is 0.337 e. The van der Waals surface area contributed by atoms with Crippen LogP contribution in [0.25, 0.3) is 0 Å². The van der Waals surface area contributed by atoms with Crippen LogP contribution in [-0.2, 0) is 4.74 Å². The average Bonchev–Trinajstić information content (AvgIpc) is 2.62. The van der Waals surface area contributed by atoms with E-state index in [9.17, 15) is 4.79 Å². The van der Waals surface area contributed by atoms with Gasteiger partial charge in [-0.2, -0.15) is 0 Å². The van der Waals surface area contributed by atoms with E-state index in [-0.39, 0.29) is 5.97 Å². The Bertz CT molecular complexity index is 660. The number of esters is 1. The summed E-state index contributed by atoms with van der Waals surface area (Å²) < 4.78 is 4.73. The predicted octanol–water partition coefficient (Wildman–Crippen LogP) is 1.98. The van der Waals surface area contributed by atoms with Gasteiger partial charge in [0, 0.05) is 43.8 Å². The molecule has 2 heterocycles. The molecule has 0 spiro atoms. The molecule has 1 aliphatic rings. The van der Waals surface area contributed by atoms with E-state index in [2.05, 4.69) is 26.7 Å². The van der Waals surface area contributed by atoms with Crippen LogP contribution in [0.1, 0.15) is 17.3 Å². The third-order valence-electron chi connectivity index (χ3n) is 4.09. The van der Waals surface area contributed by atoms with Crippen molar-refractivity contribution in [3.05, 3.63) is 48.3 Å². The van der Waals surface area contributed by atoms with Crippen LogP contribution >= 0.6 is 0 Å². The van der Waals surface area contributed by atoms with E-state index in [1.54, 1.807) is 24.5 Å². The molecule has 0 radical (unpaired) electrons. The normalized spacial score (nSPS) is 17.9. The first-order valence-corrected chi connectivity index (χ1v) is 7.66. The summed E-state index contributed by atoms with van der Waals surface area (Å²) in [5.41, 5.74) is 1.68. The summed E-state index contributed by atoms with van der Waals surface area (Å²) in [7, 11) is 1.39. The van der Waals surface area contributed by atoms with Crippen molar-refractivity contribution in [3.8, 4) is 0 Å². The lowest BCUT2D eigenvalue weighted by molar-refractivity contribution is 0.0601. The van der Waals surface area contributed by atoms with Gasteiger partial charge in [0.05, 0.1) is 12.7 Å². The van der Waals surface area contributed by atoms with Crippen LogP contribution in [0.4, 0.5) is 11.6 Å². The van der Waals surface area contributed by atoms with Gasteiger partial charge in [-0.05, 0) is 37.3 Å².